The normalized spacial score (nSPS) is 12.4. The molecule has 0 saturated heterocycles. The molecule has 0 radical (unpaired) electrons. The Hall–Kier alpha value is -3.57. The highest BCUT2D eigenvalue weighted by atomic mass is 35.5. The van der Waals surface area contributed by atoms with Gasteiger partial charge in [0.25, 0.3) is 10.0 Å². The average molecular weight is 596 g/mol. The molecule has 0 unspecified atom stereocenters. The van der Waals surface area contributed by atoms with Gasteiger partial charge in [0.2, 0.25) is 11.8 Å². The second-order valence-electron chi connectivity index (χ2n) is 8.88. The minimum atomic E-state index is -4.87. The van der Waals surface area contributed by atoms with E-state index in [1.165, 1.54) is 36.1 Å². The van der Waals surface area contributed by atoms with E-state index in [0.717, 1.165) is 17.7 Å². The highest BCUT2D eigenvalue weighted by molar-refractivity contribution is 7.92. The van der Waals surface area contributed by atoms with Crippen molar-refractivity contribution in [3.05, 3.63) is 95.0 Å². The third-order valence-corrected chi connectivity index (χ3v) is 8.27. The lowest BCUT2D eigenvalue weighted by atomic mass is 10.1. The van der Waals surface area contributed by atoms with Gasteiger partial charge in [0, 0.05) is 13.1 Å². The van der Waals surface area contributed by atoms with Crippen molar-refractivity contribution in [3.63, 3.8) is 0 Å². The fraction of sp³-hybridized carbons (Fsp3) is 0.286. The van der Waals surface area contributed by atoms with E-state index < -0.39 is 56.9 Å². The van der Waals surface area contributed by atoms with Gasteiger partial charge in [0.05, 0.1) is 21.2 Å². The Morgan fingerprint density at radius 1 is 0.975 bits per heavy atom. The van der Waals surface area contributed by atoms with Crippen LogP contribution in [0, 0.1) is 0 Å². The molecule has 0 spiro atoms. The van der Waals surface area contributed by atoms with E-state index in [-0.39, 0.29) is 11.4 Å². The number of benzene rings is 3. The van der Waals surface area contributed by atoms with Crippen molar-refractivity contribution in [2.45, 2.75) is 37.4 Å². The number of likely N-dealkylation sites (N-methyl/N-ethyl adjacent to an activating group) is 1. The smallest absolute Gasteiger partial charge is 0.355 e. The van der Waals surface area contributed by atoms with Gasteiger partial charge in [-0.05, 0) is 56.2 Å². The van der Waals surface area contributed by atoms with E-state index in [1.807, 2.05) is 30.3 Å². The summed E-state index contributed by atoms with van der Waals surface area (Å²) in [5, 5.41) is 2.03. The van der Waals surface area contributed by atoms with E-state index in [4.69, 9.17) is 11.6 Å². The van der Waals surface area contributed by atoms with Crippen LogP contribution in [0.3, 0.4) is 0 Å². The number of carbonyl (C=O) groups excluding carboxylic acids is 2. The first-order valence-electron chi connectivity index (χ1n) is 12.4. The summed E-state index contributed by atoms with van der Waals surface area (Å²) in [6, 6.07) is 17.9. The van der Waals surface area contributed by atoms with Crippen LogP contribution in [0.25, 0.3) is 0 Å². The number of rotatable bonds is 11. The third-order valence-electron chi connectivity index (χ3n) is 6.16. The first-order valence-corrected chi connectivity index (χ1v) is 14.2. The lowest BCUT2D eigenvalue weighted by molar-refractivity contribution is -0.138. The summed E-state index contributed by atoms with van der Waals surface area (Å²) in [6.07, 6.45) is -4.51. The van der Waals surface area contributed by atoms with E-state index in [1.54, 1.807) is 13.0 Å². The molecule has 3 aromatic carbocycles. The Kier molecular flexibility index (Phi) is 10.2. The summed E-state index contributed by atoms with van der Waals surface area (Å²) < 4.78 is 69.0. The molecule has 7 nitrogen and oxygen atoms in total. The number of nitrogens with one attached hydrogen (secondary N) is 1. The van der Waals surface area contributed by atoms with Crippen molar-refractivity contribution in [1.82, 2.24) is 10.2 Å². The van der Waals surface area contributed by atoms with E-state index in [2.05, 4.69) is 5.32 Å². The standard InChI is InChI=1S/C28H29ClF3N3O4S/c1-3-33-27(37)20(2)34(17-16-21-10-6-4-7-11-21)26(36)19-35(40(38,39)23-12-8-5-9-13-23)22-14-15-25(29)24(18-22)28(30,31)32/h4-15,18,20H,3,16-17,19H2,1-2H3,(H,33,37)/t20-/m0/s1. The largest absolute Gasteiger partial charge is 0.417 e. The molecule has 0 bridgehead atoms. The molecule has 0 aromatic heterocycles. The first kappa shape index (κ1) is 31.0. The molecule has 0 saturated carbocycles. The van der Waals surface area contributed by atoms with Gasteiger partial charge in [0.1, 0.15) is 12.6 Å². The van der Waals surface area contributed by atoms with Gasteiger partial charge in [-0.3, -0.25) is 13.9 Å². The summed E-state index contributed by atoms with van der Waals surface area (Å²) in [5.41, 5.74) is -0.767. The van der Waals surface area contributed by atoms with Gasteiger partial charge in [-0.25, -0.2) is 8.42 Å². The van der Waals surface area contributed by atoms with Crippen LogP contribution in [-0.2, 0) is 32.2 Å². The lowest BCUT2D eigenvalue weighted by Crippen LogP contribution is -2.52. The van der Waals surface area contributed by atoms with Crippen LogP contribution in [0.15, 0.2) is 83.8 Å². The zero-order chi connectivity index (χ0) is 29.5. The van der Waals surface area contributed by atoms with Gasteiger partial charge in [0.15, 0.2) is 0 Å². The summed E-state index contributed by atoms with van der Waals surface area (Å²) >= 11 is 5.77. The van der Waals surface area contributed by atoms with Crippen molar-refractivity contribution in [2.75, 3.05) is 23.9 Å². The second kappa shape index (κ2) is 13.2. The Bertz CT molecular complexity index is 1420. The van der Waals surface area contributed by atoms with E-state index in [0.29, 0.717) is 23.3 Å². The maximum atomic E-state index is 13.7. The minimum absolute atomic E-state index is 0.0643. The molecular formula is C28H29ClF3N3O4S. The SMILES string of the molecule is CCNC(=O)[C@H](C)N(CCc1ccccc1)C(=O)CN(c1ccc(Cl)c(C(F)(F)F)c1)S(=O)(=O)c1ccccc1. The van der Waals surface area contributed by atoms with Gasteiger partial charge in [-0.15, -0.1) is 0 Å². The number of hydrogen-bond donors (Lipinski definition) is 1. The predicted molar refractivity (Wildman–Crippen MR) is 147 cm³/mol. The molecule has 0 heterocycles. The van der Waals surface area contributed by atoms with Crippen molar-refractivity contribution in [2.24, 2.45) is 0 Å². The van der Waals surface area contributed by atoms with Crippen LogP contribution in [-0.4, -0.2) is 50.8 Å². The molecule has 2 amide bonds. The Balaban J connectivity index is 2.05. The van der Waals surface area contributed by atoms with Crippen molar-refractivity contribution in [1.29, 1.82) is 0 Å². The monoisotopic (exact) mass is 595 g/mol. The number of nitrogens with zero attached hydrogens (tertiary/aromatic N) is 2. The van der Waals surface area contributed by atoms with Crippen molar-refractivity contribution >= 4 is 39.1 Å². The van der Waals surface area contributed by atoms with Crippen molar-refractivity contribution in [3.8, 4) is 0 Å². The molecule has 0 aliphatic carbocycles. The maximum absolute atomic E-state index is 13.7. The van der Waals surface area contributed by atoms with Crippen LogP contribution in [0.2, 0.25) is 5.02 Å². The molecule has 0 aliphatic rings. The Morgan fingerprint density at radius 2 is 1.57 bits per heavy atom. The number of sulfonamides is 1. The van der Waals surface area contributed by atoms with Crippen LogP contribution in [0.5, 0.6) is 0 Å². The quantitative estimate of drug-likeness (QED) is 0.332. The summed E-state index contributed by atoms with van der Waals surface area (Å²) in [6.45, 7) is 2.74. The van der Waals surface area contributed by atoms with Crippen molar-refractivity contribution < 1.29 is 31.2 Å². The van der Waals surface area contributed by atoms with Gasteiger partial charge < -0.3 is 10.2 Å². The number of alkyl halides is 3. The number of anilines is 1. The molecule has 3 rings (SSSR count). The molecule has 214 valence electrons. The predicted octanol–water partition coefficient (Wildman–Crippen LogP) is 5.15. The highest BCUT2D eigenvalue weighted by Gasteiger charge is 2.36. The Morgan fingerprint density at radius 3 is 2.15 bits per heavy atom. The molecule has 0 aliphatic heterocycles. The average Bonchev–Trinajstić information content (AvgIpc) is 2.92. The van der Waals surface area contributed by atoms with Crippen LogP contribution >= 0.6 is 11.6 Å². The molecule has 0 fully saturated rings. The molecule has 1 N–H and O–H groups in total. The number of carbonyl (C=O) groups is 2. The topological polar surface area (TPSA) is 86.8 Å². The fourth-order valence-corrected chi connectivity index (χ4v) is 5.68. The van der Waals surface area contributed by atoms with Gasteiger partial charge >= 0.3 is 6.18 Å². The first-order chi connectivity index (χ1) is 18.9. The summed E-state index contributed by atoms with van der Waals surface area (Å²) in [7, 11) is -4.51. The third kappa shape index (κ3) is 7.54. The van der Waals surface area contributed by atoms with Crippen LogP contribution in [0.4, 0.5) is 18.9 Å². The van der Waals surface area contributed by atoms with E-state index >= 15 is 0 Å². The second-order valence-corrected chi connectivity index (χ2v) is 11.1. The van der Waals surface area contributed by atoms with Crippen LogP contribution < -0.4 is 9.62 Å². The molecular weight excluding hydrogens is 567 g/mol. The fourth-order valence-electron chi connectivity index (χ4n) is 4.03. The van der Waals surface area contributed by atoms with E-state index in [9.17, 15) is 31.2 Å². The summed E-state index contributed by atoms with van der Waals surface area (Å²) in [4.78, 5) is 27.4. The molecule has 1 atom stereocenters. The molecule has 40 heavy (non-hydrogen) atoms. The number of amides is 2. The van der Waals surface area contributed by atoms with Crippen LogP contribution in [0.1, 0.15) is 25.0 Å². The maximum Gasteiger partial charge on any atom is 0.417 e. The molecule has 12 heteroatoms. The van der Waals surface area contributed by atoms with Gasteiger partial charge in [-0.2, -0.15) is 13.2 Å². The zero-order valence-corrected chi connectivity index (χ0v) is 23.4. The Labute approximate surface area is 236 Å². The lowest BCUT2D eigenvalue weighted by Gasteiger charge is -2.32. The van der Waals surface area contributed by atoms with Gasteiger partial charge in [-0.1, -0.05) is 60.1 Å². The minimum Gasteiger partial charge on any atom is -0.355 e. The number of halogens is 4. The summed E-state index contributed by atoms with van der Waals surface area (Å²) in [5.74, 6) is -1.22. The zero-order valence-electron chi connectivity index (χ0n) is 21.9. The highest BCUT2D eigenvalue weighted by Crippen LogP contribution is 2.38. The number of hydrogen-bond acceptors (Lipinski definition) is 4. The molecule has 3 aromatic rings.